The minimum atomic E-state index is -0.818. The summed E-state index contributed by atoms with van der Waals surface area (Å²) < 4.78 is 23.6. The van der Waals surface area contributed by atoms with Crippen LogP contribution in [-0.2, 0) is 16.1 Å². The van der Waals surface area contributed by atoms with E-state index in [9.17, 15) is 14.7 Å². The highest BCUT2D eigenvalue weighted by atomic mass is 16.6. The Labute approximate surface area is 217 Å². The van der Waals surface area contributed by atoms with Gasteiger partial charge in [-0.2, -0.15) is 0 Å². The topological polar surface area (TPSA) is 91.3 Å². The van der Waals surface area contributed by atoms with Gasteiger partial charge in [0, 0.05) is 11.1 Å². The number of carbonyl (C=O) groups excluding carboxylic acids is 2. The molecule has 0 amide bonds. The standard InChI is InChI=1S/C30H34O7/c1-16(2)10-22(31)21-8-9-23-25(27(21)34-5)28(32)35-15-19-11-17(3)12-24(26(19)36-23)37-29(33)30(4)14-18-6-7-20(30)13-18/h6-9,11-12,16,18,20,22,31H,10,13-15H2,1-5H3/t18-,20+,22-,30+/m0/s1. The normalized spacial score (nSPS) is 24.5. The predicted octanol–water partition coefficient (Wildman–Crippen LogP) is 6.05. The number of carbonyl (C=O) groups is 2. The molecule has 5 rings (SSSR count). The summed E-state index contributed by atoms with van der Waals surface area (Å²) >= 11 is 0. The lowest BCUT2D eigenvalue weighted by Crippen LogP contribution is -2.35. The van der Waals surface area contributed by atoms with Crippen LogP contribution in [0.4, 0.5) is 0 Å². The summed E-state index contributed by atoms with van der Waals surface area (Å²) in [7, 11) is 1.45. The molecule has 0 aromatic heterocycles. The van der Waals surface area contributed by atoms with Crippen molar-refractivity contribution in [3.63, 3.8) is 0 Å². The lowest BCUT2D eigenvalue weighted by molar-refractivity contribution is -0.146. The zero-order valence-electron chi connectivity index (χ0n) is 22.0. The maximum absolute atomic E-state index is 13.4. The Morgan fingerprint density at radius 2 is 2.03 bits per heavy atom. The number of esters is 2. The average molecular weight is 507 g/mol. The van der Waals surface area contributed by atoms with Crippen LogP contribution in [-0.4, -0.2) is 24.2 Å². The van der Waals surface area contributed by atoms with E-state index >= 15 is 0 Å². The van der Waals surface area contributed by atoms with Crippen molar-refractivity contribution in [2.24, 2.45) is 23.2 Å². The van der Waals surface area contributed by atoms with Gasteiger partial charge in [0.1, 0.15) is 23.7 Å². The number of aryl methyl sites for hydroxylation is 1. The van der Waals surface area contributed by atoms with Gasteiger partial charge in [-0.3, -0.25) is 4.79 Å². The van der Waals surface area contributed by atoms with Gasteiger partial charge in [-0.05, 0) is 80.7 Å². The molecule has 1 fully saturated rings. The van der Waals surface area contributed by atoms with E-state index in [0.29, 0.717) is 35.0 Å². The molecule has 1 N–H and O–H groups in total. The number of rotatable bonds is 6. The third-order valence-corrected chi connectivity index (χ3v) is 7.80. The zero-order valence-corrected chi connectivity index (χ0v) is 22.0. The molecule has 2 aliphatic carbocycles. The number of cyclic esters (lactones) is 1. The molecule has 7 heteroatoms. The molecule has 196 valence electrons. The number of ether oxygens (including phenoxy) is 4. The first kappa shape index (κ1) is 25.3. The number of aliphatic hydroxyl groups is 1. The summed E-state index contributed by atoms with van der Waals surface area (Å²) in [5.74, 6) is 0.957. The highest BCUT2D eigenvalue weighted by Gasteiger charge is 2.51. The molecule has 37 heavy (non-hydrogen) atoms. The highest BCUT2D eigenvalue weighted by molar-refractivity contribution is 5.97. The molecule has 1 aliphatic heterocycles. The molecule has 3 aliphatic rings. The van der Waals surface area contributed by atoms with E-state index in [-0.39, 0.29) is 41.5 Å². The minimum Gasteiger partial charge on any atom is -0.495 e. The van der Waals surface area contributed by atoms with Gasteiger partial charge >= 0.3 is 11.9 Å². The minimum absolute atomic E-state index is 0.0630. The van der Waals surface area contributed by atoms with E-state index in [0.717, 1.165) is 18.4 Å². The molecule has 4 atom stereocenters. The Balaban J connectivity index is 1.53. The van der Waals surface area contributed by atoms with E-state index < -0.39 is 17.5 Å². The fourth-order valence-electron chi connectivity index (χ4n) is 5.90. The first-order valence-electron chi connectivity index (χ1n) is 12.9. The Morgan fingerprint density at radius 3 is 2.68 bits per heavy atom. The summed E-state index contributed by atoms with van der Waals surface area (Å²) in [6.07, 6.45) is 5.74. The van der Waals surface area contributed by atoms with Gasteiger partial charge in [0.25, 0.3) is 0 Å². The summed E-state index contributed by atoms with van der Waals surface area (Å²) in [5, 5.41) is 10.8. The van der Waals surface area contributed by atoms with Crippen molar-refractivity contribution < 1.29 is 33.6 Å². The van der Waals surface area contributed by atoms with Crippen LogP contribution in [0.1, 0.15) is 73.2 Å². The monoisotopic (exact) mass is 506 g/mol. The van der Waals surface area contributed by atoms with Crippen LogP contribution in [0, 0.1) is 30.1 Å². The molecule has 2 aromatic carbocycles. The van der Waals surface area contributed by atoms with Crippen molar-refractivity contribution in [2.75, 3.05) is 7.11 Å². The maximum atomic E-state index is 13.4. The van der Waals surface area contributed by atoms with Gasteiger partial charge < -0.3 is 24.1 Å². The Morgan fingerprint density at radius 1 is 1.24 bits per heavy atom. The van der Waals surface area contributed by atoms with Crippen LogP contribution in [0.3, 0.4) is 0 Å². The number of benzene rings is 2. The van der Waals surface area contributed by atoms with Gasteiger partial charge in [-0.1, -0.05) is 26.0 Å². The highest BCUT2D eigenvalue weighted by Crippen LogP contribution is 2.53. The van der Waals surface area contributed by atoms with E-state index in [1.807, 2.05) is 33.8 Å². The van der Waals surface area contributed by atoms with E-state index in [1.54, 1.807) is 18.2 Å². The van der Waals surface area contributed by atoms with Crippen LogP contribution < -0.4 is 14.2 Å². The largest absolute Gasteiger partial charge is 0.495 e. The molecule has 2 bridgehead atoms. The lowest BCUT2D eigenvalue weighted by Gasteiger charge is -2.29. The second-order valence-electron chi connectivity index (χ2n) is 11.1. The third kappa shape index (κ3) is 4.50. The Kier molecular flexibility index (Phi) is 6.52. The number of methoxy groups -OCH3 is 1. The first-order valence-corrected chi connectivity index (χ1v) is 12.9. The summed E-state index contributed by atoms with van der Waals surface area (Å²) in [6, 6.07) is 6.94. The second-order valence-corrected chi connectivity index (χ2v) is 11.1. The third-order valence-electron chi connectivity index (χ3n) is 7.80. The first-order chi connectivity index (χ1) is 17.6. The molecule has 0 unspecified atom stereocenters. The molecule has 1 heterocycles. The number of hydrogen-bond donors (Lipinski definition) is 1. The SMILES string of the molecule is COc1c([C@@H](O)CC(C)C)ccc2c1C(=O)OCc1cc(C)cc(OC(=O)[C@]3(C)C[C@H]4C=C[C@@H]3C4)c1O2. The maximum Gasteiger partial charge on any atom is 0.346 e. The quantitative estimate of drug-likeness (QED) is 0.290. The van der Waals surface area contributed by atoms with Crippen molar-refractivity contribution in [2.45, 2.75) is 59.7 Å². The summed E-state index contributed by atoms with van der Waals surface area (Å²) in [5.41, 5.74) is 1.44. The molecule has 0 radical (unpaired) electrons. The van der Waals surface area contributed by atoms with E-state index in [4.69, 9.17) is 18.9 Å². The number of allylic oxidation sites excluding steroid dienone is 2. The van der Waals surface area contributed by atoms with Gasteiger partial charge in [0.05, 0.1) is 18.6 Å². The Bertz CT molecular complexity index is 1280. The van der Waals surface area contributed by atoms with Gasteiger partial charge in [-0.25, -0.2) is 4.79 Å². The van der Waals surface area contributed by atoms with Crippen molar-refractivity contribution in [3.8, 4) is 23.0 Å². The summed E-state index contributed by atoms with van der Waals surface area (Å²) in [6.45, 7) is 7.81. The fourth-order valence-corrected chi connectivity index (χ4v) is 5.90. The average Bonchev–Trinajstić information content (AvgIpc) is 3.43. The fraction of sp³-hybridized carbons (Fsp3) is 0.467. The van der Waals surface area contributed by atoms with Gasteiger partial charge in [0.2, 0.25) is 0 Å². The Hall–Kier alpha value is -3.32. The molecule has 0 spiro atoms. The number of hydrogen-bond acceptors (Lipinski definition) is 7. The van der Waals surface area contributed by atoms with Crippen LogP contribution in [0.25, 0.3) is 0 Å². The molecular formula is C30H34O7. The van der Waals surface area contributed by atoms with Crippen molar-refractivity contribution in [1.82, 2.24) is 0 Å². The smallest absolute Gasteiger partial charge is 0.346 e. The molecule has 7 nitrogen and oxygen atoms in total. The lowest BCUT2D eigenvalue weighted by atomic mass is 9.78. The summed E-state index contributed by atoms with van der Waals surface area (Å²) in [4.78, 5) is 26.6. The van der Waals surface area contributed by atoms with Gasteiger partial charge in [-0.15, -0.1) is 0 Å². The zero-order chi connectivity index (χ0) is 26.5. The number of aliphatic hydroxyl groups excluding tert-OH is 1. The predicted molar refractivity (Wildman–Crippen MR) is 137 cm³/mol. The van der Waals surface area contributed by atoms with Crippen LogP contribution >= 0.6 is 0 Å². The molecule has 1 saturated carbocycles. The second kappa shape index (κ2) is 9.53. The van der Waals surface area contributed by atoms with E-state index in [1.165, 1.54) is 7.11 Å². The number of fused-ring (bicyclic) bond motifs is 4. The van der Waals surface area contributed by atoms with Gasteiger partial charge in [0.15, 0.2) is 11.5 Å². The molecule has 2 aromatic rings. The molecular weight excluding hydrogens is 472 g/mol. The van der Waals surface area contributed by atoms with Crippen LogP contribution in [0.15, 0.2) is 36.4 Å². The van der Waals surface area contributed by atoms with Crippen LogP contribution in [0.2, 0.25) is 0 Å². The van der Waals surface area contributed by atoms with Crippen LogP contribution in [0.5, 0.6) is 23.0 Å². The van der Waals surface area contributed by atoms with E-state index in [2.05, 4.69) is 12.2 Å². The van der Waals surface area contributed by atoms with Crippen molar-refractivity contribution in [1.29, 1.82) is 0 Å². The van der Waals surface area contributed by atoms with Crippen molar-refractivity contribution >= 4 is 11.9 Å². The van der Waals surface area contributed by atoms with Crippen molar-refractivity contribution in [3.05, 3.63) is 58.7 Å². The molecule has 0 saturated heterocycles.